The summed E-state index contributed by atoms with van der Waals surface area (Å²) in [6, 6.07) is 1.56. The van der Waals surface area contributed by atoms with Gasteiger partial charge in [-0.15, -0.1) is 12.3 Å². The van der Waals surface area contributed by atoms with Crippen molar-refractivity contribution in [3.63, 3.8) is 0 Å². The maximum absolute atomic E-state index is 11.4. The molecule has 0 saturated heterocycles. The lowest BCUT2D eigenvalue weighted by Crippen LogP contribution is -2.24. The molecular formula is C10H9ClN2O. The number of hydrogen-bond acceptors (Lipinski definition) is 2. The van der Waals surface area contributed by atoms with Gasteiger partial charge in [0, 0.05) is 25.4 Å². The maximum Gasteiger partial charge on any atom is 0.252 e. The molecule has 0 atom stereocenters. The van der Waals surface area contributed by atoms with Crippen molar-refractivity contribution in [2.24, 2.45) is 0 Å². The molecule has 0 radical (unpaired) electrons. The summed E-state index contributed by atoms with van der Waals surface area (Å²) in [5.41, 5.74) is 0.415. The van der Waals surface area contributed by atoms with Gasteiger partial charge >= 0.3 is 0 Å². The Kier molecular flexibility index (Phi) is 3.96. The van der Waals surface area contributed by atoms with Crippen LogP contribution in [0.1, 0.15) is 16.8 Å². The minimum absolute atomic E-state index is 0.229. The normalized spacial score (nSPS) is 9.14. The zero-order valence-electron chi connectivity index (χ0n) is 7.46. The van der Waals surface area contributed by atoms with Crippen LogP contribution in [-0.4, -0.2) is 17.4 Å². The van der Waals surface area contributed by atoms with E-state index in [9.17, 15) is 4.79 Å². The second kappa shape index (κ2) is 5.25. The van der Waals surface area contributed by atoms with Crippen LogP contribution in [0.5, 0.6) is 0 Å². The molecule has 14 heavy (non-hydrogen) atoms. The minimum atomic E-state index is -0.229. The highest BCUT2D eigenvalue weighted by atomic mass is 35.5. The first-order valence-electron chi connectivity index (χ1n) is 4.07. The predicted octanol–water partition coefficient (Wildman–Crippen LogP) is 1.49. The van der Waals surface area contributed by atoms with Gasteiger partial charge in [0.15, 0.2) is 0 Å². The molecule has 0 aliphatic carbocycles. The van der Waals surface area contributed by atoms with E-state index < -0.39 is 0 Å². The smallest absolute Gasteiger partial charge is 0.252 e. The molecule has 1 aromatic heterocycles. The quantitative estimate of drug-likeness (QED) is 0.604. The van der Waals surface area contributed by atoms with E-state index in [2.05, 4.69) is 16.2 Å². The van der Waals surface area contributed by atoms with Crippen LogP contribution in [0, 0.1) is 12.3 Å². The average Bonchev–Trinajstić information content (AvgIpc) is 2.18. The van der Waals surface area contributed by atoms with Crippen molar-refractivity contribution in [2.45, 2.75) is 6.42 Å². The molecule has 1 aromatic rings. The molecule has 0 aliphatic rings. The largest absolute Gasteiger partial charge is 0.351 e. The van der Waals surface area contributed by atoms with Crippen molar-refractivity contribution in [3.8, 4) is 12.3 Å². The number of halogens is 1. The Bertz CT molecular complexity index is 371. The van der Waals surface area contributed by atoms with E-state index in [-0.39, 0.29) is 5.91 Å². The number of amides is 1. The Balaban J connectivity index is 2.62. The lowest BCUT2D eigenvalue weighted by molar-refractivity contribution is 0.0954. The van der Waals surface area contributed by atoms with Crippen molar-refractivity contribution < 1.29 is 4.79 Å². The SMILES string of the molecule is C#CCCNC(=O)c1ccncc1Cl. The molecule has 1 N–H and O–H groups in total. The van der Waals surface area contributed by atoms with Crippen LogP contribution in [0.15, 0.2) is 18.5 Å². The summed E-state index contributed by atoms with van der Waals surface area (Å²) >= 11 is 5.77. The van der Waals surface area contributed by atoms with Gasteiger partial charge < -0.3 is 5.32 Å². The molecule has 72 valence electrons. The predicted molar refractivity (Wildman–Crippen MR) is 55.0 cm³/mol. The molecule has 1 heterocycles. The summed E-state index contributed by atoms with van der Waals surface area (Å²) in [5, 5.41) is 2.99. The first-order valence-corrected chi connectivity index (χ1v) is 4.44. The number of carbonyl (C=O) groups excluding carboxylic acids is 1. The molecule has 0 aromatic carbocycles. The van der Waals surface area contributed by atoms with E-state index in [4.69, 9.17) is 18.0 Å². The molecule has 0 aliphatic heterocycles. The third kappa shape index (κ3) is 2.75. The topological polar surface area (TPSA) is 42.0 Å². The van der Waals surface area contributed by atoms with Gasteiger partial charge in [0.1, 0.15) is 0 Å². The van der Waals surface area contributed by atoms with Gasteiger partial charge in [0.2, 0.25) is 0 Å². The summed E-state index contributed by atoms with van der Waals surface area (Å²) in [6.07, 6.45) is 8.50. The summed E-state index contributed by atoms with van der Waals surface area (Å²) in [4.78, 5) is 15.2. The second-order valence-corrected chi connectivity index (χ2v) is 2.97. The standard InChI is InChI=1S/C10H9ClN2O/c1-2-3-5-13-10(14)8-4-6-12-7-9(8)11/h1,4,6-7H,3,5H2,(H,13,14). The fraction of sp³-hybridized carbons (Fsp3) is 0.200. The molecule has 0 spiro atoms. The number of hydrogen-bond donors (Lipinski definition) is 1. The highest BCUT2D eigenvalue weighted by Gasteiger charge is 2.08. The first-order chi connectivity index (χ1) is 6.75. The highest BCUT2D eigenvalue weighted by molar-refractivity contribution is 6.33. The monoisotopic (exact) mass is 208 g/mol. The van der Waals surface area contributed by atoms with Gasteiger partial charge in [-0.25, -0.2) is 0 Å². The molecule has 0 fully saturated rings. The maximum atomic E-state index is 11.4. The molecule has 3 nitrogen and oxygen atoms in total. The van der Waals surface area contributed by atoms with Crippen LogP contribution >= 0.6 is 11.6 Å². The third-order valence-electron chi connectivity index (χ3n) is 1.57. The Morgan fingerprint density at radius 3 is 3.14 bits per heavy atom. The van der Waals surface area contributed by atoms with Crippen molar-refractivity contribution >= 4 is 17.5 Å². The van der Waals surface area contributed by atoms with E-state index in [1.807, 2.05) is 0 Å². The van der Waals surface area contributed by atoms with Gasteiger partial charge in [0.05, 0.1) is 10.6 Å². The zero-order valence-corrected chi connectivity index (χ0v) is 8.21. The Morgan fingerprint density at radius 2 is 2.50 bits per heavy atom. The van der Waals surface area contributed by atoms with Gasteiger partial charge in [-0.05, 0) is 6.07 Å². The highest BCUT2D eigenvalue weighted by Crippen LogP contribution is 2.12. The summed E-state index contributed by atoms with van der Waals surface area (Å²) in [5.74, 6) is 2.20. The number of carbonyl (C=O) groups is 1. The van der Waals surface area contributed by atoms with Crippen molar-refractivity contribution in [1.29, 1.82) is 0 Å². The molecule has 0 saturated carbocycles. The number of aromatic nitrogens is 1. The van der Waals surface area contributed by atoms with Gasteiger partial charge in [-0.1, -0.05) is 11.6 Å². The molecular weight excluding hydrogens is 200 g/mol. The number of terminal acetylenes is 1. The number of nitrogens with one attached hydrogen (secondary N) is 1. The van der Waals surface area contributed by atoms with E-state index in [1.54, 1.807) is 6.07 Å². The van der Waals surface area contributed by atoms with Gasteiger partial charge in [0.25, 0.3) is 5.91 Å². The number of pyridine rings is 1. The van der Waals surface area contributed by atoms with Crippen LogP contribution in [0.2, 0.25) is 5.02 Å². The third-order valence-corrected chi connectivity index (χ3v) is 1.87. The minimum Gasteiger partial charge on any atom is -0.351 e. The lowest BCUT2D eigenvalue weighted by atomic mass is 10.2. The van der Waals surface area contributed by atoms with Crippen LogP contribution < -0.4 is 5.32 Å². The number of nitrogens with zero attached hydrogens (tertiary/aromatic N) is 1. The summed E-state index contributed by atoms with van der Waals surface area (Å²) in [7, 11) is 0. The van der Waals surface area contributed by atoms with Crippen molar-refractivity contribution in [2.75, 3.05) is 6.54 Å². The lowest BCUT2D eigenvalue weighted by Gasteiger charge is -2.03. The van der Waals surface area contributed by atoms with Crippen molar-refractivity contribution in [3.05, 3.63) is 29.0 Å². The Hall–Kier alpha value is -1.53. The van der Waals surface area contributed by atoms with E-state index in [0.29, 0.717) is 23.6 Å². The number of rotatable bonds is 3. The average molecular weight is 209 g/mol. The molecule has 0 bridgehead atoms. The first kappa shape index (κ1) is 10.6. The fourth-order valence-electron chi connectivity index (χ4n) is 0.903. The van der Waals surface area contributed by atoms with E-state index in [1.165, 1.54) is 12.4 Å². The van der Waals surface area contributed by atoms with Crippen LogP contribution in [0.4, 0.5) is 0 Å². The molecule has 4 heteroatoms. The fourth-order valence-corrected chi connectivity index (χ4v) is 1.11. The Morgan fingerprint density at radius 1 is 1.71 bits per heavy atom. The molecule has 1 rings (SSSR count). The van der Waals surface area contributed by atoms with E-state index >= 15 is 0 Å². The Labute approximate surface area is 87.5 Å². The van der Waals surface area contributed by atoms with Crippen LogP contribution in [0.25, 0.3) is 0 Å². The second-order valence-electron chi connectivity index (χ2n) is 2.57. The molecule has 1 amide bonds. The zero-order chi connectivity index (χ0) is 10.4. The van der Waals surface area contributed by atoms with E-state index in [0.717, 1.165) is 0 Å². The van der Waals surface area contributed by atoms with Crippen LogP contribution in [-0.2, 0) is 0 Å². The summed E-state index contributed by atoms with van der Waals surface area (Å²) < 4.78 is 0. The molecule has 0 unspecified atom stereocenters. The van der Waals surface area contributed by atoms with Crippen molar-refractivity contribution in [1.82, 2.24) is 10.3 Å². The van der Waals surface area contributed by atoms with Crippen LogP contribution in [0.3, 0.4) is 0 Å². The van der Waals surface area contributed by atoms with Gasteiger partial charge in [-0.2, -0.15) is 0 Å². The summed E-state index contributed by atoms with van der Waals surface area (Å²) in [6.45, 7) is 0.452. The van der Waals surface area contributed by atoms with Gasteiger partial charge in [-0.3, -0.25) is 9.78 Å².